The van der Waals surface area contributed by atoms with E-state index in [0.717, 1.165) is 31.0 Å². The molecule has 1 aromatic carbocycles. The number of non-ortho nitro benzene ring substituents is 1. The minimum Gasteiger partial charge on any atom is -0.394 e. The molecular formula is C13H15FN2O4. The van der Waals surface area contributed by atoms with Gasteiger partial charge in [0.1, 0.15) is 5.82 Å². The molecule has 20 heavy (non-hydrogen) atoms. The number of halogens is 1. The molecule has 7 heteroatoms. The first-order valence-electron chi connectivity index (χ1n) is 6.40. The first-order chi connectivity index (χ1) is 9.54. The predicted octanol–water partition coefficient (Wildman–Crippen LogP) is 1.72. The number of likely N-dealkylation sites (tertiary alicyclic amines) is 1. The molecule has 1 unspecified atom stereocenters. The van der Waals surface area contributed by atoms with Crippen molar-refractivity contribution < 1.29 is 19.2 Å². The molecule has 1 fully saturated rings. The summed E-state index contributed by atoms with van der Waals surface area (Å²) in [6, 6.07) is 2.53. The lowest BCUT2D eigenvalue weighted by molar-refractivity contribution is -0.384. The van der Waals surface area contributed by atoms with Crippen LogP contribution in [-0.4, -0.2) is 40.0 Å². The molecule has 1 aliphatic heterocycles. The number of aliphatic hydroxyl groups is 1. The van der Waals surface area contributed by atoms with Crippen molar-refractivity contribution in [2.75, 3.05) is 13.2 Å². The third kappa shape index (κ3) is 2.77. The lowest BCUT2D eigenvalue weighted by atomic mass is 10.0. The minimum absolute atomic E-state index is 0.192. The number of benzene rings is 1. The van der Waals surface area contributed by atoms with Crippen molar-refractivity contribution >= 4 is 11.6 Å². The van der Waals surface area contributed by atoms with Crippen molar-refractivity contribution in [1.82, 2.24) is 4.90 Å². The smallest absolute Gasteiger partial charge is 0.270 e. The van der Waals surface area contributed by atoms with Gasteiger partial charge in [-0.15, -0.1) is 0 Å². The Morgan fingerprint density at radius 3 is 2.90 bits per heavy atom. The number of rotatable bonds is 3. The minimum atomic E-state index is -0.789. The number of piperidine rings is 1. The van der Waals surface area contributed by atoms with Crippen LogP contribution in [0.5, 0.6) is 0 Å². The van der Waals surface area contributed by atoms with E-state index in [-0.39, 0.29) is 23.9 Å². The number of aliphatic hydroxyl groups excluding tert-OH is 1. The van der Waals surface area contributed by atoms with Crippen LogP contribution in [0.3, 0.4) is 0 Å². The molecule has 108 valence electrons. The van der Waals surface area contributed by atoms with E-state index in [9.17, 15) is 24.4 Å². The highest BCUT2D eigenvalue weighted by molar-refractivity contribution is 5.95. The molecular weight excluding hydrogens is 267 g/mol. The number of nitro groups is 1. The fourth-order valence-electron chi connectivity index (χ4n) is 2.40. The highest BCUT2D eigenvalue weighted by Crippen LogP contribution is 2.23. The van der Waals surface area contributed by atoms with E-state index in [4.69, 9.17) is 0 Å². The van der Waals surface area contributed by atoms with Crippen molar-refractivity contribution in [2.24, 2.45) is 0 Å². The summed E-state index contributed by atoms with van der Waals surface area (Å²) in [6.45, 7) is 0.231. The highest BCUT2D eigenvalue weighted by Gasteiger charge is 2.29. The summed E-state index contributed by atoms with van der Waals surface area (Å²) in [5.74, 6) is -1.40. The van der Waals surface area contributed by atoms with E-state index in [1.54, 1.807) is 0 Å². The molecule has 2 rings (SSSR count). The topological polar surface area (TPSA) is 83.7 Å². The monoisotopic (exact) mass is 282 g/mol. The lowest BCUT2D eigenvalue weighted by Gasteiger charge is -2.34. The van der Waals surface area contributed by atoms with E-state index in [1.165, 1.54) is 4.90 Å². The summed E-state index contributed by atoms with van der Waals surface area (Å²) in [6.07, 6.45) is 2.32. The van der Waals surface area contributed by atoms with E-state index in [2.05, 4.69) is 0 Å². The molecule has 0 radical (unpaired) electrons. The maximum absolute atomic E-state index is 13.7. The fraction of sp³-hybridized carbons (Fsp3) is 0.462. The van der Waals surface area contributed by atoms with Gasteiger partial charge in [0, 0.05) is 18.7 Å². The van der Waals surface area contributed by atoms with Gasteiger partial charge in [-0.25, -0.2) is 4.39 Å². The Balaban J connectivity index is 2.32. The molecule has 6 nitrogen and oxygen atoms in total. The van der Waals surface area contributed by atoms with Gasteiger partial charge < -0.3 is 10.0 Å². The molecule has 0 aliphatic carbocycles. The lowest BCUT2D eigenvalue weighted by Crippen LogP contribution is -2.45. The number of hydrogen-bond acceptors (Lipinski definition) is 4. The van der Waals surface area contributed by atoms with E-state index in [1.807, 2.05) is 0 Å². The maximum Gasteiger partial charge on any atom is 0.270 e. The molecule has 1 heterocycles. The van der Waals surface area contributed by atoms with Gasteiger partial charge in [-0.05, 0) is 25.3 Å². The molecule has 0 aromatic heterocycles. The molecule has 0 spiro atoms. The predicted molar refractivity (Wildman–Crippen MR) is 68.8 cm³/mol. The SMILES string of the molecule is O=C(c1cc([N+](=O)[O-])ccc1F)N1CCCCC1CO. The molecule has 0 bridgehead atoms. The zero-order valence-electron chi connectivity index (χ0n) is 10.8. The highest BCUT2D eigenvalue weighted by atomic mass is 19.1. The van der Waals surface area contributed by atoms with Gasteiger partial charge in [0.05, 0.1) is 23.1 Å². The summed E-state index contributed by atoms with van der Waals surface area (Å²) < 4.78 is 13.7. The summed E-state index contributed by atoms with van der Waals surface area (Å²) >= 11 is 0. The molecule has 1 aliphatic rings. The van der Waals surface area contributed by atoms with Gasteiger partial charge in [0.25, 0.3) is 11.6 Å². The molecule has 1 atom stereocenters. The average molecular weight is 282 g/mol. The quantitative estimate of drug-likeness (QED) is 0.676. The number of amides is 1. The Morgan fingerprint density at radius 1 is 1.50 bits per heavy atom. The molecule has 1 aromatic rings. The summed E-state index contributed by atoms with van der Waals surface area (Å²) in [5, 5.41) is 20.0. The van der Waals surface area contributed by atoms with Gasteiger partial charge in [0.2, 0.25) is 0 Å². The summed E-state index contributed by atoms with van der Waals surface area (Å²) in [4.78, 5) is 23.7. The Kier molecular flexibility index (Phi) is 4.29. The number of carbonyl (C=O) groups is 1. The standard InChI is InChI=1S/C13H15FN2O4/c14-12-5-4-9(16(19)20)7-11(12)13(18)15-6-2-1-3-10(15)8-17/h4-5,7,10,17H,1-3,6,8H2. The van der Waals surface area contributed by atoms with Crippen LogP contribution < -0.4 is 0 Å². The van der Waals surface area contributed by atoms with Gasteiger partial charge >= 0.3 is 0 Å². The van der Waals surface area contributed by atoms with Crippen LogP contribution in [0.2, 0.25) is 0 Å². The average Bonchev–Trinajstić information content (AvgIpc) is 2.46. The third-order valence-electron chi connectivity index (χ3n) is 3.49. The number of nitro benzene ring substituents is 1. The zero-order chi connectivity index (χ0) is 14.7. The Labute approximate surface area is 115 Å². The Bertz CT molecular complexity index is 535. The van der Waals surface area contributed by atoms with Crippen molar-refractivity contribution in [3.05, 3.63) is 39.7 Å². The molecule has 1 N–H and O–H groups in total. The first kappa shape index (κ1) is 14.4. The van der Waals surface area contributed by atoms with E-state index in [0.29, 0.717) is 13.0 Å². The van der Waals surface area contributed by atoms with E-state index < -0.39 is 16.6 Å². The van der Waals surface area contributed by atoms with Crippen LogP contribution in [0.4, 0.5) is 10.1 Å². The van der Waals surface area contributed by atoms with E-state index >= 15 is 0 Å². The normalized spacial score (nSPS) is 18.9. The van der Waals surface area contributed by atoms with Crippen LogP contribution in [-0.2, 0) is 0 Å². The van der Waals surface area contributed by atoms with Crippen LogP contribution in [0, 0.1) is 15.9 Å². The van der Waals surface area contributed by atoms with Crippen LogP contribution in [0.1, 0.15) is 29.6 Å². The van der Waals surface area contributed by atoms with Crippen LogP contribution in [0.25, 0.3) is 0 Å². The summed E-state index contributed by atoms with van der Waals surface area (Å²) in [5.41, 5.74) is -0.646. The fourth-order valence-corrected chi connectivity index (χ4v) is 2.40. The van der Waals surface area contributed by atoms with Gasteiger partial charge in [-0.3, -0.25) is 14.9 Å². The largest absolute Gasteiger partial charge is 0.394 e. The van der Waals surface area contributed by atoms with Crippen molar-refractivity contribution in [2.45, 2.75) is 25.3 Å². The first-order valence-corrected chi connectivity index (χ1v) is 6.40. The van der Waals surface area contributed by atoms with Gasteiger partial charge in [-0.1, -0.05) is 0 Å². The third-order valence-corrected chi connectivity index (χ3v) is 3.49. The number of hydrogen-bond donors (Lipinski definition) is 1. The van der Waals surface area contributed by atoms with Gasteiger partial charge in [-0.2, -0.15) is 0 Å². The number of carbonyl (C=O) groups excluding carboxylic acids is 1. The van der Waals surface area contributed by atoms with Crippen LogP contribution in [0.15, 0.2) is 18.2 Å². The second-order valence-corrected chi connectivity index (χ2v) is 4.75. The second-order valence-electron chi connectivity index (χ2n) is 4.75. The maximum atomic E-state index is 13.7. The summed E-state index contributed by atoms with van der Waals surface area (Å²) in [7, 11) is 0. The van der Waals surface area contributed by atoms with Crippen molar-refractivity contribution in [1.29, 1.82) is 0 Å². The number of nitrogens with zero attached hydrogens (tertiary/aromatic N) is 2. The van der Waals surface area contributed by atoms with Crippen molar-refractivity contribution in [3.63, 3.8) is 0 Å². The molecule has 0 saturated carbocycles. The zero-order valence-corrected chi connectivity index (χ0v) is 10.8. The van der Waals surface area contributed by atoms with Crippen molar-refractivity contribution in [3.8, 4) is 0 Å². The second kappa shape index (κ2) is 5.96. The Morgan fingerprint density at radius 2 is 2.25 bits per heavy atom. The molecule has 1 saturated heterocycles. The van der Waals surface area contributed by atoms with Gasteiger partial charge in [0.15, 0.2) is 0 Å². The molecule has 1 amide bonds. The Hall–Kier alpha value is -2.02. The van der Waals surface area contributed by atoms with Crippen LogP contribution >= 0.6 is 0 Å².